The van der Waals surface area contributed by atoms with Gasteiger partial charge in [0.05, 0.1) is 33.6 Å². The van der Waals surface area contributed by atoms with E-state index in [1.165, 1.54) is 37.5 Å². The molecule has 3 rings (SSSR count). The molecule has 0 saturated carbocycles. The van der Waals surface area contributed by atoms with Gasteiger partial charge in [0.1, 0.15) is 11.6 Å². The van der Waals surface area contributed by atoms with Crippen molar-refractivity contribution in [3.05, 3.63) is 86.0 Å². The van der Waals surface area contributed by atoms with E-state index in [2.05, 4.69) is 15.4 Å². The van der Waals surface area contributed by atoms with Crippen LogP contribution in [0.25, 0.3) is 6.08 Å². The normalized spacial score (nSPS) is 10.7. The summed E-state index contributed by atoms with van der Waals surface area (Å²) in [5.74, 6) is -0.852. The number of hydrogen-bond donors (Lipinski definition) is 2. The number of nitriles is 1. The third-order valence-corrected chi connectivity index (χ3v) is 6.20. The molecule has 3 aromatic rings. The Morgan fingerprint density at radius 3 is 2.41 bits per heavy atom. The molecule has 39 heavy (non-hydrogen) atoms. The minimum absolute atomic E-state index is 0.155. The third kappa shape index (κ3) is 8.20. The Balaban J connectivity index is 1.76. The molecule has 0 bridgehead atoms. The number of anilines is 2. The van der Waals surface area contributed by atoms with E-state index in [-0.39, 0.29) is 12.2 Å². The summed E-state index contributed by atoms with van der Waals surface area (Å²) in [6.07, 6.45) is 1.41. The van der Waals surface area contributed by atoms with Crippen molar-refractivity contribution in [2.24, 2.45) is 0 Å². The van der Waals surface area contributed by atoms with E-state index < -0.39 is 17.8 Å². The maximum Gasteiger partial charge on any atom is 0.337 e. The van der Waals surface area contributed by atoms with Gasteiger partial charge in [-0.15, -0.1) is 0 Å². The number of methoxy groups -OCH3 is 1. The number of hydrogen-bond acceptors (Lipinski definition) is 7. The van der Waals surface area contributed by atoms with Gasteiger partial charge in [-0.25, -0.2) is 4.79 Å². The highest BCUT2D eigenvalue weighted by Gasteiger charge is 2.16. The van der Waals surface area contributed by atoms with Crippen molar-refractivity contribution in [2.45, 2.75) is 6.92 Å². The molecular weight excluding hydrogens is 637 g/mol. The minimum atomic E-state index is -0.632. The standard InChI is InChI=1S/C28H23ClIN3O6/c1-3-38-24-14-17(12-19(15-31)27(35)32-20-10-8-18(9-11-20)28(36)37-2)13-22(30)26(24)39-16-25(34)33-23-7-5-4-6-21(23)29/h4-14H,3,16H2,1-2H3,(H,32,35)(H,33,34)/b19-12-. The van der Waals surface area contributed by atoms with Gasteiger partial charge in [-0.05, 0) is 89.7 Å². The van der Waals surface area contributed by atoms with E-state index >= 15 is 0 Å². The van der Waals surface area contributed by atoms with Crippen molar-refractivity contribution >= 4 is 69.4 Å². The summed E-state index contributed by atoms with van der Waals surface area (Å²) in [6, 6.07) is 18.1. The second-order valence-electron chi connectivity index (χ2n) is 7.77. The zero-order valence-corrected chi connectivity index (χ0v) is 23.8. The molecule has 2 amide bonds. The number of benzene rings is 3. The van der Waals surface area contributed by atoms with E-state index in [9.17, 15) is 19.6 Å². The van der Waals surface area contributed by atoms with Crippen LogP contribution in [0.4, 0.5) is 11.4 Å². The number of halogens is 2. The lowest BCUT2D eigenvalue weighted by atomic mass is 10.1. The second kappa shape index (κ2) is 14.2. The van der Waals surface area contributed by atoms with Crippen LogP contribution in [-0.4, -0.2) is 38.1 Å². The first-order valence-corrected chi connectivity index (χ1v) is 13.0. The molecule has 3 aromatic carbocycles. The fourth-order valence-corrected chi connectivity index (χ4v) is 4.25. The molecule has 0 aliphatic heterocycles. The number of esters is 1. The molecule has 0 aliphatic carbocycles. The van der Waals surface area contributed by atoms with Gasteiger partial charge in [0.15, 0.2) is 18.1 Å². The molecule has 0 saturated heterocycles. The predicted octanol–water partition coefficient (Wildman–Crippen LogP) is 5.69. The van der Waals surface area contributed by atoms with Crippen LogP contribution >= 0.6 is 34.2 Å². The van der Waals surface area contributed by atoms with Crippen molar-refractivity contribution in [3.8, 4) is 17.6 Å². The lowest BCUT2D eigenvalue weighted by molar-refractivity contribution is -0.118. The highest BCUT2D eigenvalue weighted by Crippen LogP contribution is 2.35. The molecule has 0 fully saturated rings. The smallest absolute Gasteiger partial charge is 0.337 e. The van der Waals surface area contributed by atoms with E-state index in [1.54, 1.807) is 43.3 Å². The van der Waals surface area contributed by atoms with Crippen molar-refractivity contribution in [1.82, 2.24) is 0 Å². The molecule has 9 nitrogen and oxygen atoms in total. The largest absolute Gasteiger partial charge is 0.490 e. The van der Waals surface area contributed by atoms with E-state index in [4.69, 9.17) is 21.1 Å². The van der Waals surface area contributed by atoms with E-state index in [1.807, 2.05) is 28.7 Å². The van der Waals surface area contributed by atoms with Crippen LogP contribution in [-0.2, 0) is 14.3 Å². The highest BCUT2D eigenvalue weighted by molar-refractivity contribution is 14.1. The molecule has 0 aliphatic rings. The van der Waals surface area contributed by atoms with Gasteiger partial charge >= 0.3 is 5.97 Å². The average Bonchev–Trinajstić information content (AvgIpc) is 2.92. The summed E-state index contributed by atoms with van der Waals surface area (Å²) in [7, 11) is 1.28. The molecular formula is C28H23ClIN3O6. The van der Waals surface area contributed by atoms with Crippen LogP contribution in [0.1, 0.15) is 22.8 Å². The number of nitrogens with one attached hydrogen (secondary N) is 2. The second-order valence-corrected chi connectivity index (χ2v) is 9.34. The van der Waals surface area contributed by atoms with E-state index in [0.717, 1.165) is 0 Å². The number of carbonyl (C=O) groups is 3. The Labute approximate surface area is 243 Å². The zero-order chi connectivity index (χ0) is 28.4. The van der Waals surface area contributed by atoms with E-state index in [0.29, 0.717) is 49.2 Å². The minimum Gasteiger partial charge on any atom is -0.490 e. The van der Waals surface area contributed by atoms with Gasteiger partial charge in [0.25, 0.3) is 11.8 Å². The van der Waals surface area contributed by atoms with Crippen molar-refractivity contribution in [3.63, 3.8) is 0 Å². The first-order chi connectivity index (χ1) is 18.7. The van der Waals surface area contributed by atoms with Crippen molar-refractivity contribution in [2.75, 3.05) is 31.0 Å². The summed E-state index contributed by atoms with van der Waals surface area (Å²) in [5, 5.41) is 15.3. The van der Waals surface area contributed by atoms with Gasteiger partial charge in [-0.3, -0.25) is 9.59 Å². The molecule has 0 heterocycles. The van der Waals surface area contributed by atoms with Crippen LogP contribution in [0.3, 0.4) is 0 Å². The molecule has 0 spiro atoms. The molecule has 0 aromatic heterocycles. The SMILES string of the molecule is CCOc1cc(/C=C(/C#N)C(=O)Nc2ccc(C(=O)OC)cc2)cc(I)c1OCC(=O)Nc1ccccc1Cl. The summed E-state index contributed by atoms with van der Waals surface area (Å²) >= 11 is 8.11. The summed E-state index contributed by atoms with van der Waals surface area (Å²) in [4.78, 5) is 36.7. The maximum atomic E-state index is 12.7. The van der Waals surface area contributed by atoms with Crippen LogP contribution < -0.4 is 20.1 Å². The lowest BCUT2D eigenvalue weighted by Crippen LogP contribution is -2.21. The lowest BCUT2D eigenvalue weighted by Gasteiger charge is -2.15. The Bertz CT molecular complexity index is 1450. The zero-order valence-electron chi connectivity index (χ0n) is 20.9. The number of nitrogens with zero attached hydrogens (tertiary/aromatic N) is 1. The van der Waals surface area contributed by atoms with Gasteiger partial charge in [-0.2, -0.15) is 5.26 Å². The number of carbonyl (C=O) groups excluding carboxylic acids is 3. The summed E-state index contributed by atoms with van der Waals surface area (Å²) < 4.78 is 16.7. The third-order valence-electron chi connectivity index (χ3n) is 5.07. The highest BCUT2D eigenvalue weighted by atomic mass is 127. The van der Waals surface area contributed by atoms with Crippen LogP contribution in [0, 0.1) is 14.9 Å². The topological polar surface area (TPSA) is 127 Å². The Hall–Kier alpha value is -4.08. The Kier molecular flexibility index (Phi) is 10.7. The molecule has 200 valence electrons. The van der Waals surface area contributed by atoms with Gasteiger partial charge < -0.3 is 24.8 Å². The first-order valence-electron chi connectivity index (χ1n) is 11.5. The van der Waals surface area contributed by atoms with Crippen LogP contribution in [0.15, 0.2) is 66.2 Å². The fourth-order valence-electron chi connectivity index (χ4n) is 3.28. The predicted molar refractivity (Wildman–Crippen MR) is 156 cm³/mol. The molecule has 0 atom stereocenters. The summed E-state index contributed by atoms with van der Waals surface area (Å²) in [6.45, 7) is 1.82. The fraction of sp³-hybridized carbons (Fsp3) is 0.143. The van der Waals surface area contributed by atoms with Gasteiger partial charge in [0, 0.05) is 5.69 Å². The molecule has 11 heteroatoms. The van der Waals surface area contributed by atoms with Crippen molar-refractivity contribution < 1.29 is 28.6 Å². The number of para-hydroxylation sites is 1. The first kappa shape index (κ1) is 29.5. The number of ether oxygens (including phenoxy) is 3. The van der Waals surface area contributed by atoms with Crippen LogP contribution in [0.5, 0.6) is 11.5 Å². The Morgan fingerprint density at radius 2 is 1.77 bits per heavy atom. The monoisotopic (exact) mass is 659 g/mol. The number of rotatable bonds is 10. The maximum absolute atomic E-state index is 12.7. The number of amides is 2. The van der Waals surface area contributed by atoms with Crippen molar-refractivity contribution in [1.29, 1.82) is 5.26 Å². The van der Waals surface area contributed by atoms with Gasteiger partial charge in [-0.1, -0.05) is 23.7 Å². The quantitative estimate of drug-likeness (QED) is 0.124. The summed E-state index contributed by atoms with van der Waals surface area (Å²) in [5.41, 5.74) is 1.56. The van der Waals surface area contributed by atoms with Gasteiger partial charge in [0.2, 0.25) is 0 Å². The molecule has 0 radical (unpaired) electrons. The molecule has 2 N–H and O–H groups in total. The average molecular weight is 660 g/mol. The Morgan fingerprint density at radius 1 is 1.05 bits per heavy atom. The molecule has 0 unspecified atom stereocenters. The van der Waals surface area contributed by atoms with Crippen LogP contribution in [0.2, 0.25) is 5.02 Å².